The molecule has 1 atom stereocenters. The first-order valence-electron chi connectivity index (χ1n) is 5.12. The summed E-state index contributed by atoms with van der Waals surface area (Å²) in [6.45, 7) is 0.290. The van der Waals surface area contributed by atoms with Gasteiger partial charge in [0.2, 0.25) is 0 Å². The van der Waals surface area contributed by atoms with Gasteiger partial charge in [-0.2, -0.15) is 0 Å². The van der Waals surface area contributed by atoms with Crippen molar-refractivity contribution >= 4 is 17.4 Å². The zero-order valence-corrected chi connectivity index (χ0v) is 9.95. The highest BCUT2D eigenvalue weighted by molar-refractivity contribution is 8.00. The van der Waals surface area contributed by atoms with Crippen molar-refractivity contribution in [3.05, 3.63) is 36.2 Å². The molecule has 0 saturated heterocycles. The average molecular weight is 250 g/mol. The van der Waals surface area contributed by atoms with Crippen LogP contribution in [0.15, 0.2) is 51.4 Å². The maximum absolute atomic E-state index is 5.48. The number of fused-ring (bicyclic) bond motifs is 1. The Morgan fingerprint density at radius 2 is 2.35 bits per heavy atom. The number of rotatable bonds is 4. The zero-order valence-electron chi connectivity index (χ0n) is 9.13. The van der Waals surface area contributed by atoms with Crippen LogP contribution in [-0.4, -0.2) is 12.0 Å². The van der Waals surface area contributed by atoms with Crippen LogP contribution in [0.5, 0.6) is 0 Å². The molecule has 0 saturated carbocycles. The van der Waals surface area contributed by atoms with Gasteiger partial charge in [-0.1, -0.05) is 29.1 Å². The highest BCUT2D eigenvalue weighted by Gasteiger charge is 2.19. The van der Waals surface area contributed by atoms with Gasteiger partial charge in [0.25, 0.3) is 0 Å². The Morgan fingerprint density at radius 1 is 1.53 bits per heavy atom. The third kappa shape index (κ3) is 2.89. The van der Waals surface area contributed by atoms with E-state index in [-0.39, 0.29) is 12.0 Å². The second-order valence-electron chi connectivity index (χ2n) is 3.36. The van der Waals surface area contributed by atoms with Crippen molar-refractivity contribution in [2.24, 2.45) is 21.9 Å². The third-order valence-corrected chi connectivity index (χ3v) is 3.31. The second-order valence-corrected chi connectivity index (χ2v) is 4.51. The van der Waals surface area contributed by atoms with Crippen molar-refractivity contribution in [1.29, 1.82) is 0 Å². The van der Waals surface area contributed by atoms with E-state index in [1.807, 2.05) is 18.2 Å². The van der Waals surface area contributed by atoms with Crippen LogP contribution in [0.3, 0.4) is 0 Å². The molecule has 90 valence electrons. The molecule has 1 unspecified atom stereocenters. The molecule has 0 bridgehead atoms. The second kappa shape index (κ2) is 5.55. The first-order valence-corrected chi connectivity index (χ1v) is 6.00. The lowest BCUT2D eigenvalue weighted by Crippen LogP contribution is -2.26. The first kappa shape index (κ1) is 11.7. The number of thioether (sulfide) groups is 1. The molecule has 0 fully saturated rings. The van der Waals surface area contributed by atoms with E-state index in [4.69, 9.17) is 11.6 Å². The fraction of sp³-hybridized carbons (Fsp3) is 0.200. The fourth-order valence-corrected chi connectivity index (χ4v) is 2.42. The van der Waals surface area contributed by atoms with Crippen molar-refractivity contribution in [3.63, 3.8) is 0 Å². The summed E-state index contributed by atoms with van der Waals surface area (Å²) in [6, 6.07) is 8.12. The molecular formula is C10H14N6S. The number of nitrogens with one attached hydrogen (secondary N) is 2. The minimum Gasteiger partial charge on any atom is -0.361 e. The van der Waals surface area contributed by atoms with Crippen LogP contribution >= 0.6 is 11.8 Å². The Morgan fingerprint density at radius 3 is 3.06 bits per heavy atom. The van der Waals surface area contributed by atoms with E-state index in [0.717, 1.165) is 5.69 Å². The molecule has 1 aromatic carbocycles. The Balaban J connectivity index is 1.96. The standard InChI is InChI=1S/C10H14N6S/c11-5-7(15-16-12)6-13-10-14-8-3-1-2-4-9(8)17-10/h1-4,6,10,13-14H,5,11H2,(H2,12,15)/b7-6+. The summed E-state index contributed by atoms with van der Waals surface area (Å²) in [5, 5.41) is 13.4. The highest BCUT2D eigenvalue weighted by atomic mass is 32.2. The lowest BCUT2D eigenvalue weighted by molar-refractivity contribution is 0.847. The number of hydrogen-bond donors (Lipinski definition) is 4. The number of nitrogens with two attached hydrogens (primary N) is 2. The Bertz CT molecular complexity index is 419. The van der Waals surface area contributed by atoms with Crippen LogP contribution in [0.25, 0.3) is 0 Å². The van der Waals surface area contributed by atoms with E-state index < -0.39 is 0 Å². The minimum atomic E-state index is 0.0712. The number of anilines is 1. The van der Waals surface area contributed by atoms with E-state index in [1.54, 1.807) is 18.0 Å². The number of para-hydroxylation sites is 1. The summed E-state index contributed by atoms with van der Waals surface area (Å²) in [5.74, 6) is 4.97. The van der Waals surface area contributed by atoms with Gasteiger partial charge in [0.1, 0.15) is 5.50 Å². The van der Waals surface area contributed by atoms with Gasteiger partial charge in [-0.15, -0.1) is 5.11 Å². The molecule has 0 aliphatic carbocycles. The van der Waals surface area contributed by atoms with Crippen LogP contribution in [0.2, 0.25) is 0 Å². The highest BCUT2D eigenvalue weighted by Crippen LogP contribution is 2.36. The molecule has 0 amide bonds. The SMILES string of the molecule is NC/C(=C\NC1Nc2ccccc2S1)N=NN. The molecule has 6 N–H and O–H groups in total. The largest absolute Gasteiger partial charge is 0.361 e. The van der Waals surface area contributed by atoms with Crippen LogP contribution in [0.1, 0.15) is 0 Å². The number of hydrogen-bond acceptors (Lipinski definition) is 6. The molecule has 1 aromatic rings. The molecule has 17 heavy (non-hydrogen) atoms. The molecule has 1 aliphatic rings. The molecule has 1 heterocycles. The van der Waals surface area contributed by atoms with E-state index in [0.29, 0.717) is 5.70 Å². The summed E-state index contributed by atoms with van der Waals surface area (Å²) in [6.07, 6.45) is 1.72. The lowest BCUT2D eigenvalue weighted by atomic mass is 10.3. The van der Waals surface area contributed by atoms with Crippen molar-refractivity contribution < 1.29 is 0 Å². The Labute approximate surface area is 104 Å². The molecule has 0 radical (unpaired) electrons. The lowest BCUT2D eigenvalue weighted by Gasteiger charge is -2.10. The van der Waals surface area contributed by atoms with E-state index in [1.165, 1.54) is 4.90 Å². The molecule has 0 spiro atoms. The van der Waals surface area contributed by atoms with Crippen LogP contribution in [0, 0.1) is 0 Å². The predicted molar refractivity (Wildman–Crippen MR) is 69.0 cm³/mol. The Kier molecular flexibility index (Phi) is 3.84. The monoisotopic (exact) mass is 250 g/mol. The first-order chi connectivity index (χ1) is 8.33. The van der Waals surface area contributed by atoms with Crippen LogP contribution < -0.4 is 22.2 Å². The molecular weight excluding hydrogens is 236 g/mol. The molecule has 1 aliphatic heterocycles. The summed E-state index contributed by atoms with van der Waals surface area (Å²) < 4.78 is 0. The van der Waals surface area contributed by atoms with Crippen LogP contribution in [-0.2, 0) is 0 Å². The van der Waals surface area contributed by atoms with Crippen LogP contribution in [0.4, 0.5) is 5.69 Å². The summed E-state index contributed by atoms with van der Waals surface area (Å²) in [4.78, 5) is 1.22. The van der Waals surface area contributed by atoms with Gasteiger partial charge in [-0.25, -0.2) is 0 Å². The van der Waals surface area contributed by atoms with Crippen molar-refractivity contribution in [3.8, 4) is 0 Å². The normalized spacial score (nSPS) is 19.1. The maximum atomic E-state index is 5.48. The Hall–Kier alpha value is -1.73. The molecule has 6 nitrogen and oxygen atoms in total. The summed E-state index contributed by atoms with van der Waals surface area (Å²) >= 11 is 1.70. The number of benzene rings is 1. The minimum absolute atomic E-state index is 0.0712. The molecule has 7 heteroatoms. The van der Waals surface area contributed by atoms with Crippen molar-refractivity contribution in [2.45, 2.75) is 10.4 Å². The average Bonchev–Trinajstić information content (AvgIpc) is 2.77. The third-order valence-electron chi connectivity index (χ3n) is 2.22. The van der Waals surface area contributed by atoms with Gasteiger partial charge < -0.3 is 22.2 Å². The topological polar surface area (TPSA) is 101 Å². The van der Waals surface area contributed by atoms with E-state index >= 15 is 0 Å². The smallest absolute Gasteiger partial charge is 0.150 e. The van der Waals surface area contributed by atoms with E-state index in [2.05, 4.69) is 27.0 Å². The summed E-state index contributed by atoms with van der Waals surface area (Å²) in [7, 11) is 0. The molecule has 2 rings (SSSR count). The summed E-state index contributed by atoms with van der Waals surface area (Å²) in [5.41, 5.74) is 7.28. The number of nitrogens with zero attached hydrogens (tertiary/aromatic N) is 2. The fourth-order valence-electron chi connectivity index (χ4n) is 1.44. The van der Waals surface area contributed by atoms with Gasteiger partial charge >= 0.3 is 0 Å². The quantitative estimate of drug-likeness (QED) is 0.365. The van der Waals surface area contributed by atoms with Gasteiger partial charge in [0.15, 0.2) is 0 Å². The van der Waals surface area contributed by atoms with Crippen molar-refractivity contribution in [1.82, 2.24) is 5.32 Å². The zero-order chi connectivity index (χ0) is 12.1. The maximum Gasteiger partial charge on any atom is 0.150 e. The molecule has 0 aromatic heterocycles. The van der Waals surface area contributed by atoms with Crippen molar-refractivity contribution in [2.75, 3.05) is 11.9 Å². The van der Waals surface area contributed by atoms with Gasteiger partial charge in [-0.3, -0.25) is 0 Å². The van der Waals surface area contributed by atoms with Gasteiger partial charge in [0.05, 0.1) is 11.4 Å². The van der Waals surface area contributed by atoms with E-state index in [9.17, 15) is 0 Å². The van der Waals surface area contributed by atoms with Gasteiger partial charge in [-0.05, 0) is 12.1 Å². The van der Waals surface area contributed by atoms with Gasteiger partial charge in [0, 0.05) is 17.6 Å². The predicted octanol–water partition coefficient (Wildman–Crippen LogP) is 1.20.